The lowest BCUT2D eigenvalue weighted by molar-refractivity contribution is -0.116. The van der Waals surface area contributed by atoms with Gasteiger partial charge in [0.2, 0.25) is 0 Å². The largest absolute Gasteiger partial charge is 0.490 e. The summed E-state index contributed by atoms with van der Waals surface area (Å²) in [4.78, 5) is 24.6. The molecule has 32 heavy (non-hydrogen) atoms. The Hall–Kier alpha value is -3.13. The highest BCUT2D eigenvalue weighted by atomic mass is 32.2. The topological polar surface area (TPSA) is 85.9 Å². The van der Waals surface area contributed by atoms with Crippen LogP contribution in [-0.4, -0.2) is 43.9 Å². The predicted octanol–water partition coefficient (Wildman–Crippen LogP) is 4.00. The molecule has 1 aliphatic heterocycles. The van der Waals surface area contributed by atoms with Crippen molar-refractivity contribution in [3.63, 3.8) is 0 Å². The van der Waals surface area contributed by atoms with Gasteiger partial charge in [0.15, 0.2) is 17.3 Å². The first-order chi connectivity index (χ1) is 15.6. The van der Waals surface area contributed by atoms with Crippen LogP contribution in [0.3, 0.4) is 0 Å². The number of hydrogen-bond acceptors (Lipinski definition) is 6. The normalized spacial score (nSPS) is 12.9. The highest BCUT2D eigenvalue weighted by Gasteiger charge is 2.15. The second-order valence-corrected chi connectivity index (χ2v) is 7.86. The van der Waals surface area contributed by atoms with Crippen LogP contribution >= 0.6 is 11.8 Å². The molecule has 0 spiro atoms. The van der Waals surface area contributed by atoms with Crippen molar-refractivity contribution in [2.75, 3.05) is 37.4 Å². The molecule has 0 atom stereocenters. The molecule has 0 aliphatic carbocycles. The molecular weight excluding hydrogens is 428 g/mol. The van der Waals surface area contributed by atoms with Gasteiger partial charge in [-0.3, -0.25) is 9.59 Å². The maximum atomic E-state index is 12.4. The van der Waals surface area contributed by atoms with Gasteiger partial charge in [-0.25, -0.2) is 0 Å². The van der Waals surface area contributed by atoms with E-state index in [2.05, 4.69) is 10.6 Å². The molecule has 2 aromatic carbocycles. The van der Waals surface area contributed by atoms with Gasteiger partial charge in [-0.05, 0) is 62.2 Å². The summed E-state index contributed by atoms with van der Waals surface area (Å²) in [6, 6.07) is 12.6. The molecule has 2 aromatic rings. The van der Waals surface area contributed by atoms with E-state index in [-0.39, 0.29) is 11.8 Å². The van der Waals surface area contributed by atoms with Gasteiger partial charge in [-0.1, -0.05) is 6.07 Å². The van der Waals surface area contributed by atoms with E-state index in [1.807, 2.05) is 32.0 Å². The third kappa shape index (κ3) is 6.68. The lowest BCUT2D eigenvalue weighted by Crippen LogP contribution is -2.25. The second-order valence-electron chi connectivity index (χ2n) is 6.89. The molecule has 0 aromatic heterocycles. The summed E-state index contributed by atoms with van der Waals surface area (Å²) in [7, 11) is 0. The quantitative estimate of drug-likeness (QED) is 0.562. The molecule has 0 bridgehead atoms. The number of nitrogens with one attached hydrogen (secondary N) is 2. The summed E-state index contributed by atoms with van der Waals surface area (Å²) in [5, 5.41) is 7.40. The molecular formula is C24H28N2O5S. The molecule has 1 aliphatic rings. The van der Waals surface area contributed by atoms with E-state index in [0.717, 1.165) is 17.1 Å². The minimum atomic E-state index is -0.295. The first kappa shape index (κ1) is 23.5. The van der Waals surface area contributed by atoms with Crippen LogP contribution in [0.1, 0.15) is 29.8 Å². The zero-order valence-corrected chi connectivity index (χ0v) is 19.1. The third-order valence-electron chi connectivity index (χ3n) is 4.58. The number of ether oxygens (including phenoxy) is 3. The summed E-state index contributed by atoms with van der Waals surface area (Å²) in [6.45, 7) is 6.00. The zero-order chi connectivity index (χ0) is 22.8. The molecule has 2 amide bonds. The van der Waals surface area contributed by atoms with Crippen molar-refractivity contribution in [3.05, 3.63) is 64.8 Å². The van der Waals surface area contributed by atoms with E-state index in [4.69, 9.17) is 14.2 Å². The molecule has 3 rings (SSSR count). The second kappa shape index (κ2) is 12.0. The fourth-order valence-corrected chi connectivity index (χ4v) is 3.68. The summed E-state index contributed by atoms with van der Waals surface area (Å²) in [6.07, 6.45) is 0.666. The van der Waals surface area contributed by atoms with Gasteiger partial charge in [-0.2, -0.15) is 0 Å². The van der Waals surface area contributed by atoms with Crippen LogP contribution in [0.2, 0.25) is 0 Å². The molecule has 2 N–H and O–H groups in total. The Morgan fingerprint density at radius 3 is 2.44 bits per heavy atom. The average Bonchev–Trinajstić information content (AvgIpc) is 2.82. The summed E-state index contributed by atoms with van der Waals surface area (Å²) >= 11 is 1.55. The predicted molar refractivity (Wildman–Crippen MR) is 126 cm³/mol. The molecule has 7 nitrogen and oxygen atoms in total. The van der Waals surface area contributed by atoms with E-state index in [9.17, 15) is 9.59 Å². The SMILES string of the molecule is CCOc1ccc(CCNC(=O)c2ccc(NC(=O)C3=CSCCO3)cc2)cc1OCC. The van der Waals surface area contributed by atoms with E-state index in [1.165, 1.54) is 0 Å². The average molecular weight is 457 g/mol. The maximum absolute atomic E-state index is 12.4. The van der Waals surface area contributed by atoms with Gasteiger partial charge >= 0.3 is 0 Å². The van der Waals surface area contributed by atoms with Crippen molar-refractivity contribution in [2.45, 2.75) is 20.3 Å². The molecule has 0 saturated heterocycles. The van der Waals surface area contributed by atoms with Gasteiger partial charge in [0.25, 0.3) is 11.8 Å². The lowest BCUT2D eigenvalue weighted by Gasteiger charge is -2.14. The van der Waals surface area contributed by atoms with Crippen LogP contribution in [0, 0.1) is 0 Å². The van der Waals surface area contributed by atoms with Gasteiger partial charge in [0.05, 0.1) is 19.8 Å². The van der Waals surface area contributed by atoms with Crippen molar-refractivity contribution in [2.24, 2.45) is 0 Å². The number of carbonyl (C=O) groups is 2. The fraction of sp³-hybridized carbons (Fsp3) is 0.333. The molecule has 8 heteroatoms. The van der Waals surface area contributed by atoms with E-state index in [1.54, 1.807) is 41.4 Å². The molecule has 0 unspecified atom stereocenters. The van der Waals surface area contributed by atoms with Crippen LogP contribution in [0.25, 0.3) is 0 Å². The zero-order valence-electron chi connectivity index (χ0n) is 18.3. The van der Waals surface area contributed by atoms with E-state index < -0.39 is 0 Å². The number of thioether (sulfide) groups is 1. The smallest absolute Gasteiger partial charge is 0.291 e. The Kier molecular flexibility index (Phi) is 8.86. The van der Waals surface area contributed by atoms with Crippen LogP contribution in [0.4, 0.5) is 5.69 Å². The van der Waals surface area contributed by atoms with Gasteiger partial charge in [0.1, 0.15) is 0 Å². The number of carbonyl (C=O) groups excluding carboxylic acids is 2. The highest BCUT2D eigenvalue weighted by Crippen LogP contribution is 2.28. The molecule has 0 fully saturated rings. The van der Waals surface area contributed by atoms with Gasteiger partial charge in [0, 0.05) is 29.0 Å². The first-order valence-corrected chi connectivity index (χ1v) is 11.7. The summed E-state index contributed by atoms with van der Waals surface area (Å²) in [5.74, 6) is 2.12. The van der Waals surface area contributed by atoms with Crippen LogP contribution in [-0.2, 0) is 16.0 Å². The third-order valence-corrected chi connectivity index (χ3v) is 5.37. The fourth-order valence-electron chi connectivity index (χ4n) is 3.06. The Balaban J connectivity index is 1.50. The minimum Gasteiger partial charge on any atom is -0.490 e. The van der Waals surface area contributed by atoms with Gasteiger partial charge in [-0.15, -0.1) is 11.8 Å². The highest BCUT2D eigenvalue weighted by molar-refractivity contribution is 8.02. The van der Waals surface area contributed by atoms with Crippen LogP contribution in [0.15, 0.2) is 53.6 Å². The Bertz CT molecular complexity index is 959. The van der Waals surface area contributed by atoms with Crippen LogP contribution in [0.5, 0.6) is 11.5 Å². The van der Waals surface area contributed by atoms with E-state index in [0.29, 0.717) is 55.5 Å². The molecule has 0 radical (unpaired) electrons. The van der Waals surface area contributed by atoms with Crippen molar-refractivity contribution in [1.82, 2.24) is 5.32 Å². The molecule has 1 heterocycles. The standard InChI is InChI=1S/C24H28N2O5S/c1-3-29-20-10-5-17(15-21(20)30-4-2)11-12-25-23(27)18-6-8-19(9-7-18)26-24(28)22-16-32-14-13-31-22/h5-10,15-16H,3-4,11-14H2,1-2H3,(H,25,27)(H,26,28). The number of anilines is 1. The number of amides is 2. The van der Waals surface area contributed by atoms with E-state index >= 15 is 0 Å². The Morgan fingerprint density at radius 2 is 1.75 bits per heavy atom. The number of rotatable bonds is 10. The van der Waals surface area contributed by atoms with Crippen molar-refractivity contribution in [1.29, 1.82) is 0 Å². The summed E-state index contributed by atoms with van der Waals surface area (Å²) in [5.41, 5.74) is 2.17. The monoisotopic (exact) mass is 456 g/mol. The maximum Gasteiger partial charge on any atom is 0.291 e. The lowest BCUT2D eigenvalue weighted by atomic mass is 10.1. The number of hydrogen-bond donors (Lipinski definition) is 2. The Labute approximate surface area is 192 Å². The first-order valence-electron chi connectivity index (χ1n) is 10.6. The molecule has 170 valence electrons. The van der Waals surface area contributed by atoms with Crippen molar-refractivity contribution < 1.29 is 23.8 Å². The molecule has 0 saturated carbocycles. The summed E-state index contributed by atoms with van der Waals surface area (Å²) < 4.78 is 16.6. The van der Waals surface area contributed by atoms with Crippen molar-refractivity contribution >= 4 is 29.3 Å². The minimum absolute atomic E-state index is 0.173. The van der Waals surface area contributed by atoms with Crippen molar-refractivity contribution in [3.8, 4) is 11.5 Å². The Morgan fingerprint density at radius 1 is 1.00 bits per heavy atom. The van der Waals surface area contributed by atoms with Gasteiger partial charge < -0.3 is 24.8 Å². The van der Waals surface area contributed by atoms with Crippen LogP contribution < -0.4 is 20.1 Å². The number of benzene rings is 2.